The molecule has 1 unspecified atom stereocenters. The van der Waals surface area contributed by atoms with E-state index in [0.29, 0.717) is 5.56 Å². The molecular formula is C15H15NO4S. The van der Waals surface area contributed by atoms with Crippen molar-refractivity contribution in [2.24, 2.45) is 0 Å². The Labute approximate surface area is 123 Å². The summed E-state index contributed by atoms with van der Waals surface area (Å²) in [5, 5.41) is -1.41. The molecule has 0 saturated carbocycles. The molecule has 0 fully saturated rings. The topological polar surface area (TPSA) is 73.3 Å². The molecule has 110 valence electrons. The van der Waals surface area contributed by atoms with Crippen LogP contribution < -0.4 is 0 Å². The van der Waals surface area contributed by atoms with Gasteiger partial charge in [-0.15, -0.1) is 0 Å². The Morgan fingerprint density at radius 2 is 1.90 bits per heavy atom. The first-order chi connectivity index (χ1) is 10.1. The summed E-state index contributed by atoms with van der Waals surface area (Å²) in [5.74, 6) is -0.797. The SMILES string of the molecule is CCOC(=O)C(c1cccnc1)S(=O)(=O)c1ccccc1. The Kier molecular flexibility index (Phi) is 4.70. The van der Waals surface area contributed by atoms with Crippen molar-refractivity contribution >= 4 is 15.8 Å². The number of pyridine rings is 1. The number of carbonyl (C=O) groups is 1. The van der Waals surface area contributed by atoms with Crippen LogP contribution >= 0.6 is 0 Å². The zero-order chi connectivity index (χ0) is 15.3. The van der Waals surface area contributed by atoms with Crippen molar-refractivity contribution in [3.05, 3.63) is 60.4 Å². The lowest BCUT2D eigenvalue weighted by molar-refractivity contribution is -0.142. The van der Waals surface area contributed by atoms with Gasteiger partial charge in [-0.25, -0.2) is 8.42 Å². The fourth-order valence-electron chi connectivity index (χ4n) is 1.94. The highest BCUT2D eigenvalue weighted by molar-refractivity contribution is 7.92. The Morgan fingerprint density at radius 3 is 2.48 bits per heavy atom. The van der Waals surface area contributed by atoms with Crippen LogP contribution in [0.15, 0.2) is 59.8 Å². The Morgan fingerprint density at radius 1 is 1.19 bits per heavy atom. The van der Waals surface area contributed by atoms with Crippen molar-refractivity contribution in [2.45, 2.75) is 17.1 Å². The van der Waals surface area contributed by atoms with Gasteiger partial charge in [0, 0.05) is 18.0 Å². The highest BCUT2D eigenvalue weighted by atomic mass is 32.2. The van der Waals surface area contributed by atoms with E-state index in [0.717, 1.165) is 0 Å². The highest BCUT2D eigenvalue weighted by Crippen LogP contribution is 2.29. The average molecular weight is 305 g/mol. The molecule has 0 aliphatic rings. The van der Waals surface area contributed by atoms with Gasteiger partial charge in [0.25, 0.3) is 0 Å². The maximum Gasteiger partial charge on any atom is 0.329 e. The minimum absolute atomic E-state index is 0.0758. The molecule has 0 aliphatic heterocycles. The van der Waals surface area contributed by atoms with Crippen molar-refractivity contribution in [3.8, 4) is 0 Å². The van der Waals surface area contributed by atoms with Gasteiger partial charge in [-0.05, 0) is 25.1 Å². The van der Waals surface area contributed by atoms with Crippen molar-refractivity contribution < 1.29 is 17.9 Å². The van der Waals surface area contributed by atoms with Gasteiger partial charge in [-0.1, -0.05) is 24.3 Å². The summed E-state index contributed by atoms with van der Waals surface area (Å²) < 4.78 is 30.4. The summed E-state index contributed by atoms with van der Waals surface area (Å²) in [6, 6.07) is 11.0. The smallest absolute Gasteiger partial charge is 0.329 e. The number of carbonyl (C=O) groups excluding carboxylic acids is 1. The lowest BCUT2D eigenvalue weighted by atomic mass is 10.2. The summed E-state index contributed by atoms with van der Waals surface area (Å²) in [4.78, 5) is 16.1. The van der Waals surface area contributed by atoms with Gasteiger partial charge in [-0.2, -0.15) is 0 Å². The maximum absolute atomic E-state index is 12.7. The van der Waals surface area contributed by atoms with E-state index in [2.05, 4.69) is 4.98 Å². The predicted molar refractivity (Wildman–Crippen MR) is 77.2 cm³/mol. The van der Waals surface area contributed by atoms with E-state index in [1.807, 2.05) is 0 Å². The number of esters is 1. The molecule has 5 nitrogen and oxygen atoms in total. The Bertz CT molecular complexity index is 699. The van der Waals surface area contributed by atoms with Crippen LogP contribution in [0.4, 0.5) is 0 Å². The van der Waals surface area contributed by atoms with Crippen LogP contribution in [-0.4, -0.2) is 26.0 Å². The number of ether oxygens (including phenoxy) is 1. The van der Waals surface area contributed by atoms with Crippen molar-refractivity contribution in [3.63, 3.8) is 0 Å². The normalized spacial score (nSPS) is 12.6. The molecule has 0 radical (unpaired) electrons. The van der Waals surface area contributed by atoms with Gasteiger partial charge in [0.05, 0.1) is 11.5 Å². The Balaban J connectivity index is 2.53. The monoisotopic (exact) mass is 305 g/mol. The molecule has 0 amide bonds. The quantitative estimate of drug-likeness (QED) is 0.791. The number of aromatic nitrogens is 1. The van der Waals surface area contributed by atoms with E-state index in [1.165, 1.54) is 24.5 Å². The third-order valence-electron chi connectivity index (χ3n) is 2.87. The first-order valence-corrected chi connectivity index (χ1v) is 7.97. The minimum atomic E-state index is -3.89. The third kappa shape index (κ3) is 3.28. The number of benzene rings is 1. The Hall–Kier alpha value is -2.21. The van der Waals surface area contributed by atoms with Crippen LogP contribution in [0.25, 0.3) is 0 Å². The second-order valence-corrected chi connectivity index (χ2v) is 6.31. The highest BCUT2D eigenvalue weighted by Gasteiger charge is 2.36. The molecule has 0 N–H and O–H groups in total. The molecular weight excluding hydrogens is 290 g/mol. The molecule has 0 saturated heterocycles. The van der Waals surface area contributed by atoms with E-state index in [4.69, 9.17) is 4.74 Å². The molecule has 0 aliphatic carbocycles. The lowest BCUT2D eigenvalue weighted by Crippen LogP contribution is -2.24. The second kappa shape index (κ2) is 6.49. The molecule has 6 heteroatoms. The van der Waals surface area contributed by atoms with Crippen molar-refractivity contribution in [2.75, 3.05) is 6.61 Å². The summed E-state index contributed by atoms with van der Waals surface area (Å²) in [6.07, 6.45) is 2.88. The third-order valence-corrected chi connectivity index (χ3v) is 4.88. The average Bonchev–Trinajstić information content (AvgIpc) is 2.49. The second-order valence-electron chi connectivity index (χ2n) is 4.28. The summed E-state index contributed by atoms with van der Waals surface area (Å²) in [5.41, 5.74) is 0.291. The van der Waals surface area contributed by atoms with Crippen LogP contribution in [-0.2, 0) is 19.4 Å². The maximum atomic E-state index is 12.7. The first kappa shape index (κ1) is 15.2. The van der Waals surface area contributed by atoms with Gasteiger partial charge in [0.2, 0.25) is 0 Å². The number of nitrogens with zero attached hydrogens (tertiary/aromatic N) is 1. The zero-order valence-electron chi connectivity index (χ0n) is 11.5. The molecule has 0 spiro atoms. The van der Waals surface area contributed by atoms with Gasteiger partial charge in [-0.3, -0.25) is 9.78 Å². The van der Waals surface area contributed by atoms with Crippen LogP contribution in [0.5, 0.6) is 0 Å². The van der Waals surface area contributed by atoms with E-state index in [9.17, 15) is 13.2 Å². The van der Waals surface area contributed by atoms with E-state index in [-0.39, 0.29) is 11.5 Å². The minimum Gasteiger partial charge on any atom is -0.465 e. The van der Waals surface area contributed by atoms with Crippen LogP contribution in [0, 0.1) is 0 Å². The van der Waals surface area contributed by atoms with Crippen LogP contribution in [0.2, 0.25) is 0 Å². The van der Waals surface area contributed by atoms with E-state index >= 15 is 0 Å². The zero-order valence-corrected chi connectivity index (χ0v) is 12.3. The number of hydrogen-bond donors (Lipinski definition) is 0. The van der Waals surface area contributed by atoms with Gasteiger partial charge >= 0.3 is 5.97 Å². The van der Waals surface area contributed by atoms with E-state index in [1.54, 1.807) is 37.3 Å². The molecule has 1 heterocycles. The van der Waals surface area contributed by atoms with Crippen molar-refractivity contribution in [1.29, 1.82) is 0 Å². The standard InChI is InChI=1S/C15H15NO4S/c1-2-20-15(17)14(12-7-6-10-16-11-12)21(18,19)13-8-4-3-5-9-13/h3-11,14H,2H2,1H3. The number of rotatable bonds is 5. The summed E-state index contributed by atoms with van der Waals surface area (Å²) in [7, 11) is -3.89. The van der Waals surface area contributed by atoms with Gasteiger partial charge in [0.1, 0.15) is 0 Å². The van der Waals surface area contributed by atoms with Crippen LogP contribution in [0.1, 0.15) is 17.7 Å². The molecule has 2 rings (SSSR count). The molecule has 1 aromatic carbocycles. The fraction of sp³-hybridized carbons (Fsp3) is 0.200. The number of sulfone groups is 1. The lowest BCUT2D eigenvalue weighted by Gasteiger charge is -2.16. The van der Waals surface area contributed by atoms with Gasteiger partial charge in [0.15, 0.2) is 15.1 Å². The van der Waals surface area contributed by atoms with E-state index < -0.39 is 21.1 Å². The summed E-state index contributed by atoms with van der Waals surface area (Å²) in [6.45, 7) is 1.74. The predicted octanol–water partition coefficient (Wildman–Crippen LogP) is 2.16. The molecule has 0 bridgehead atoms. The largest absolute Gasteiger partial charge is 0.465 e. The first-order valence-electron chi connectivity index (χ1n) is 6.43. The molecule has 2 aromatic rings. The fourth-order valence-corrected chi connectivity index (χ4v) is 3.56. The summed E-state index contributed by atoms with van der Waals surface area (Å²) >= 11 is 0. The molecule has 1 aromatic heterocycles. The molecule has 1 atom stereocenters. The number of hydrogen-bond acceptors (Lipinski definition) is 5. The van der Waals surface area contributed by atoms with Crippen molar-refractivity contribution in [1.82, 2.24) is 4.98 Å². The van der Waals surface area contributed by atoms with Gasteiger partial charge < -0.3 is 4.74 Å². The molecule has 21 heavy (non-hydrogen) atoms. The van der Waals surface area contributed by atoms with Crippen LogP contribution in [0.3, 0.4) is 0 Å².